The van der Waals surface area contributed by atoms with Gasteiger partial charge in [-0.1, -0.05) is 20.4 Å². The molecule has 9 nitrogen and oxygen atoms in total. The van der Waals surface area contributed by atoms with Crippen molar-refractivity contribution in [2.45, 2.75) is 59.5 Å². The van der Waals surface area contributed by atoms with Crippen molar-refractivity contribution in [3.8, 4) is 11.4 Å². The first-order chi connectivity index (χ1) is 15.5. The van der Waals surface area contributed by atoms with Gasteiger partial charge >= 0.3 is 0 Å². The molecule has 4 heterocycles. The number of nitrogens with one attached hydrogen (secondary N) is 2. The summed E-state index contributed by atoms with van der Waals surface area (Å²) in [5, 5.41) is 8.20. The molecular weight excluding hydrogens is 402 g/mol. The molecule has 1 atom stereocenters. The first-order valence-electron chi connectivity index (χ1n) is 11.2. The molecule has 0 saturated heterocycles. The Morgan fingerprint density at radius 1 is 1.22 bits per heavy atom. The maximum Gasteiger partial charge on any atom is 0.165 e. The fourth-order valence-electron chi connectivity index (χ4n) is 4.08. The zero-order chi connectivity index (χ0) is 22.7. The number of nitrogens with zero attached hydrogens (tertiary/aromatic N) is 7. The number of aromatic nitrogens is 6. The Morgan fingerprint density at radius 2 is 2.00 bits per heavy atom. The van der Waals surface area contributed by atoms with Gasteiger partial charge in [-0.05, 0) is 44.6 Å². The second-order valence-corrected chi connectivity index (χ2v) is 8.44. The van der Waals surface area contributed by atoms with E-state index in [0.717, 1.165) is 77.8 Å². The third-order valence-corrected chi connectivity index (χ3v) is 5.67. The minimum Gasteiger partial charge on any atom is -0.365 e. The van der Waals surface area contributed by atoms with Crippen LogP contribution in [-0.4, -0.2) is 47.8 Å². The van der Waals surface area contributed by atoms with Crippen LogP contribution in [0.15, 0.2) is 36.0 Å². The molecule has 9 heteroatoms. The summed E-state index contributed by atoms with van der Waals surface area (Å²) in [5.41, 5.74) is 7.69. The molecule has 1 aliphatic rings. The summed E-state index contributed by atoms with van der Waals surface area (Å²) in [7, 11) is 0. The van der Waals surface area contributed by atoms with E-state index < -0.39 is 0 Å². The molecule has 3 aromatic rings. The zero-order valence-corrected chi connectivity index (χ0v) is 19.3. The van der Waals surface area contributed by atoms with Crippen LogP contribution in [0, 0.1) is 12.8 Å². The van der Waals surface area contributed by atoms with Gasteiger partial charge in [-0.2, -0.15) is 5.10 Å². The summed E-state index contributed by atoms with van der Waals surface area (Å²) >= 11 is 0. The van der Waals surface area contributed by atoms with Crippen LogP contribution in [0.2, 0.25) is 0 Å². The molecular formula is C23H31N9. The van der Waals surface area contributed by atoms with E-state index in [1.807, 2.05) is 6.92 Å². The lowest BCUT2D eigenvalue weighted by molar-refractivity contribution is 0.589. The molecule has 0 fully saturated rings. The lowest BCUT2D eigenvalue weighted by atomic mass is 9.94. The molecule has 0 amide bonds. The molecule has 1 aliphatic heterocycles. The van der Waals surface area contributed by atoms with Gasteiger partial charge in [0.05, 0.1) is 11.3 Å². The predicted octanol–water partition coefficient (Wildman–Crippen LogP) is 3.73. The molecule has 0 spiro atoms. The largest absolute Gasteiger partial charge is 0.365 e. The number of anilines is 1. The van der Waals surface area contributed by atoms with Gasteiger partial charge in [-0.3, -0.25) is 0 Å². The number of fused-ring (bicyclic) bond motifs is 1. The quantitative estimate of drug-likeness (QED) is 0.631. The first-order valence-corrected chi connectivity index (χ1v) is 11.2. The summed E-state index contributed by atoms with van der Waals surface area (Å²) in [6.45, 7) is 14.1. The van der Waals surface area contributed by atoms with Gasteiger partial charge in [0.2, 0.25) is 0 Å². The Hall–Kier alpha value is -3.36. The predicted molar refractivity (Wildman–Crippen MR) is 127 cm³/mol. The second-order valence-electron chi connectivity index (χ2n) is 8.44. The van der Waals surface area contributed by atoms with E-state index in [0.29, 0.717) is 5.92 Å². The van der Waals surface area contributed by atoms with E-state index in [-0.39, 0.29) is 6.04 Å². The second kappa shape index (κ2) is 9.42. The van der Waals surface area contributed by atoms with E-state index in [9.17, 15) is 0 Å². The third kappa shape index (κ3) is 4.46. The van der Waals surface area contributed by atoms with Crippen LogP contribution in [0.1, 0.15) is 45.9 Å². The topological polar surface area (TPSA) is 106 Å². The minimum absolute atomic E-state index is 0.183. The molecule has 168 valence electrons. The van der Waals surface area contributed by atoms with Gasteiger partial charge in [0.15, 0.2) is 17.0 Å². The van der Waals surface area contributed by atoms with Gasteiger partial charge < -0.3 is 15.3 Å². The van der Waals surface area contributed by atoms with Crippen LogP contribution in [-0.2, 0) is 6.54 Å². The lowest BCUT2D eigenvalue weighted by Gasteiger charge is -2.21. The Kier molecular flexibility index (Phi) is 6.43. The molecule has 1 unspecified atom stereocenters. The maximum absolute atomic E-state index is 4.91. The van der Waals surface area contributed by atoms with Crippen molar-refractivity contribution in [1.29, 1.82) is 0 Å². The highest BCUT2D eigenvalue weighted by Crippen LogP contribution is 2.28. The average Bonchev–Trinajstić information content (AvgIpc) is 3.18. The van der Waals surface area contributed by atoms with Crippen LogP contribution < -0.4 is 10.7 Å². The first kappa shape index (κ1) is 21.9. The number of rotatable bonds is 5. The zero-order valence-electron chi connectivity index (χ0n) is 19.3. The van der Waals surface area contributed by atoms with Crippen LogP contribution in [0.25, 0.3) is 22.6 Å². The van der Waals surface area contributed by atoms with E-state index in [4.69, 9.17) is 4.98 Å². The maximum atomic E-state index is 4.91. The summed E-state index contributed by atoms with van der Waals surface area (Å²) in [6.07, 6.45) is 7.99. The Morgan fingerprint density at radius 3 is 2.72 bits per heavy atom. The minimum atomic E-state index is 0.183. The van der Waals surface area contributed by atoms with Crippen molar-refractivity contribution in [1.82, 2.24) is 34.9 Å². The SMILES string of the molecule is C=C1CC(Nc2ncnc3c2nc(-c2cnc(C)nc2)n3CC)CCCNN=C1C(C)C. The smallest absolute Gasteiger partial charge is 0.165 e. The Labute approximate surface area is 188 Å². The molecule has 32 heavy (non-hydrogen) atoms. The molecule has 0 aliphatic carbocycles. The van der Waals surface area contributed by atoms with Crippen molar-refractivity contribution in [2.24, 2.45) is 11.0 Å². The highest BCUT2D eigenvalue weighted by molar-refractivity contribution is 6.01. The number of imidazole rings is 1. The highest BCUT2D eigenvalue weighted by atomic mass is 15.3. The van der Waals surface area contributed by atoms with Crippen LogP contribution in [0.5, 0.6) is 0 Å². The van der Waals surface area contributed by atoms with Crippen molar-refractivity contribution < 1.29 is 0 Å². The molecule has 3 aromatic heterocycles. The highest BCUT2D eigenvalue weighted by Gasteiger charge is 2.21. The van der Waals surface area contributed by atoms with Gasteiger partial charge in [0, 0.05) is 31.5 Å². The van der Waals surface area contributed by atoms with E-state index in [2.05, 4.69) is 67.7 Å². The van der Waals surface area contributed by atoms with Gasteiger partial charge in [-0.15, -0.1) is 0 Å². The third-order valence-electron chi connectivity index (χ3n) is 5.67. The fourth-order valence-corrected chi connectivity index (χ4v) is 4.08. The van der Waals surface area contributed by atoms with Gasteiger partial charge in [-0.25, -0.2) is 24.9 Å². The van der Waals surface area contributed by atoms with Gasteiger partial charge in [0.25, 0.3) is 0 Å². The Bertz CT molecular complexity index is 1130. The van der Waals surface area contributed by atoms with Crippen molar-refractivity contribution in [2.75, 3.05) is 11.9 Å². The molecule has 0 radical (unpaired) electrons. The molecule has 4 rings (SSSR count). The molecule has 0 saturated carbocycles. The number of hydrogen-bond donors (Lipinski definition) is 2. The van der Waals surface area contributed by atoms with Crippen molar-refractivity contribution in [3.05, 3.63) is 36.7 Å². The fraction of sp³-hybridized carbons (Fsp3) is 0.478. The van der Waals surface area contributed by atoms with E-state index >= 15 is 0 Å². The average molecular weight is 434 g/mol. The number of hydrogen-bond acceptors (Lipinski definition) is 8. The number of hydrazone groups is 1. The summed E-state index contributed by atoms with van der Waals surface area (Å²) in [5.74, 6) is 2.58. The van der Waals surface area contributed by atoms with Crippen molar-refractivity contribution in [3.63, 3.8) is 0 Å². The van der Waals surface area contributed by atoms with Crippen LogP contribution >= 0.6 is 0 Å². The normalized spacial score (nSPS) is 17.5. The van der Waals surface area contributed by atoms with E-state index in [1.54, 1.807) is 18.7 Å². The Balaban J connectivity index is 1.68. The monoisotopic (exact) mass is 433 g/mol. The van der Waals surface area contributed by atoms with E-state index in [1.165, 1.54) is 0 Å². The lowest BCUT2D eigenvalue weighted by Crippen LogP contribution is -2.23. The van der Waals surface area contributed by atoms with Crippen LogP contribution in [0.3, 0.4) is 0 Å². The van der Waals surface area contributed by atoms with Crippen molar-refractivity contribution >= 4 is 22.7 Å². The number of aryl methyl sites for hydroxylation is 2. The molecule has 2 N–H and O–H groups in total. The van der Waals surface area contributed by atoms with Gasteiger partial charge in [0.1, 0.15) is 18.0 Å². The summed E-state index contributed by atoms with van der Waals surface area (Å²) in [6, 6.07) is 0.183. The van der Waals surface area contributed by atoms with Crippen LogP contribution in [0.4, 0.5) is 5.82 Å². The molecule has 0 bridgehead atoms. The standard InChI is InChI=1S/C23H31N9/c1-6-32-22(17-11-24-16(5)25-12-17)30-20-21(26-13-27-23(20)32)29-18-8-7-9-28-31-19(14(2)3)15(4)10-18/h11-14,18,28H,4,6-10H2,1-3,5H3,(H,26,27,29). The molecule has 0 aromatic carbocycles. The summed E-state index contributed by atoms with van der Waals surface area (Å²) < 4.78 is 2.08. The summed E-state index contributed by atoms with van der Waals surface area (Å²) in [4.78, 5) is 22.7.